The van der Waals surface area contributed by atoms with Crippen LogP contribution in [0, 0.1) is 0 Å². The molecule has 18 heavy (non-hydrogen) atoms. The fourth-order valence-corrected chi connectivity index (χ4v) is 1.94. The summed E-state index contributed by atoms with van der Waals surface area (Å²) < 4.78 is 6.17. The van der Waals surface area contributed by atoms with Crippen molar-refractivity contribution in [3.05, 3.63) is 29.0 Å². The van der Waals surface area contributed by atoms with Crippen molar-refractivity contribution in [1.29, 1.82) is 0 Å². The number of aliphatic hydroxyl groups excluding tert-OH is 1. The quantitative estimate of drug-likeness (QED) is 0.796. The Morgan fingerprint density at radius 2 is 2.17 bits per heavy atom. The van der Waals surface area contributed by atoms with Gasteiger partial charge in [-0.05, 0) is 18.2 Å². The van der Waals surface area contributed by atoms with E-state index in [1.807, 2.05) is 18.2 Å². The third-order valence-corrected chi connectivity index (χ3v) is 2.87. The van der Waals surface area contributed by atoms with Gasteiger partial charge >= 0.3 is 0 Å². The molecule has 0 aliphatic rings. The number of rotatable bonds is 6. The molecule has 0 fully saturated rings. The van der Waals surface area contributed by atoms with Crippen LogP contribution in [0.1, 0.15) is 0 Å². The maximum absolute atomic E-state index is 8.58. The molecule has 96 valence electrons. The lowest BCUT2D eigenvalue weighted by Gasteiger charge is -2.08. The van der Waals surface area contributed by atoms with E-state index in [0.29, 0.717) is 19.8 Å². The molecule has 2 aromatic rings. The summed E-state index contributed by atoms with van der Waals surface area (Å²) in [5.74, 6) is 0.786. The van der Waals surface area contributed by atoms with Crippen LogP contribution in [0.3, 0.4) is 0 Å². The number of hydrogen-bond acceptors (Lipinski definition) is 5. The molecular formula is C12H14BrN3O2. The first-order valence-corrected chi connectivity index (χ1v) is 6.43. The molecule has 0 atom stereocenters. The van der Waals surface area contributed by atoms with Gasteiger partial charge in [-0.2, -0.15) is 0 Å². The van der Waals surface area contributed by atoms with Gasteiger partial charge in [-0.1, -0.05) is 15.9 Å². The lowest BCUT2D eigenvalue weighted by molar-refractivity contribution is 0.0992. The number of aliphatic hydroxyl groups is 1. The topological polar surface area (TPSA) is 67.3 Å². The summed E-state index contributed by atoms with van der Waals surface area (Å²) in [6.07, 6.45) is 1.53. The highest BCUT2D eigenvalue weighted by molar-refractivity contribution is 9.10. The molecule has 6 heteroatoms. The summed E-state index contributed by atoms with van der Waals surface area (Å²) in [5.41, 5.74) is 0.895. The number of hydrogen-bond donors (Lipinski definition) is 2. The second kappa shape index (κ2) is 6.63. The summed E-state index contributed by atoms with van der Waals surface area (Å²) in [5, 5.41) is 12.7. The van der Waals surface area contributed by atoms with Crippen LogP contribution in [0.15, 0.2) is 29.0 Å². The van der Waals surface area contributed by atoms with Gasteiger partial charge in [-0.3, -0.25) is 0 Å². The molecule has 0 aliphatic carbocycles. The van der Waals surface area contributed by atoms with E-state index in [2.05, 4.69) is 31.2 Å². The van der Waals surface area contributed by atoms with Crippen LogP contribution in [-0.2, 0) is 4.74 Å². The van der Waals surface area contributed by atoms with Crippen molar-refractivity contribution >= 4 is 32.7 Å². The van der Waals surface area contributed by atoms with E-state index in [1.165, 1.54) is 6.33 Å². The fraction of sp³-hybridized carbons (Fsp3) is 0.333. The fourth-order valence-electron chi connectivity index (χ4n) is 1.58. The summed E-state index contributed by atoms with van der Waals surface area (Å²) in [6.45, 7) is 1.57. The minimum absolute atomic E-state index is 0.0450. The maximum Gasteiger partial charge on any atom is 0.137 e. The van der Waals surface area contributed by atoms with Crippen molar-refractivity contribution in [2.75, 3.05) is 31.7 Å². The molecule has 1 aromatic carbocycles. The largest absolute Gasteiger partial charge is 0.394 e. The number of halogens is 1. The van der Waals surface area contributed by atoms with Crippen LogP contribution in [0.4, 0.5) is 5.82 Å². The van der Waals surface area contributed by atoms with Crippen molar-refractivity contribution in [2.45, 2.75) is 0 Å². The zero-order valence-electron chi connectivity index (χ0n) is 9.77. The van der Waals surface area contributed by atoms with Crippen LogP contribution >= 0.6 is 15.9 Å². The average molecular weight is 312 g/mol. The number of aromatic nitrogens is 2. The highest BCUT2D eigenvalue weighted by Crippen LogP contribution is 2.22. The van der Waals surface area contributed by atoms with Gasteiger partial charge in [0.15, 0.2) is 0 Å². The van der Waals surface area contributed by atoms with Crippen LogP contribution in [0.5, 0.6) is 0 Å². The Bertz CT molecular complexity index is 522. The second-order valence-corrected chi connectivity index (χ2v) is 4.56. The Morgan fingerprint density at radius 1 is 1.28 bits per heavy atom. The first kappa shape index (κ1) is 13.2. The molecule has 0 bridgehead atoms. The highest BCUT2D eigenvalue weighted by Gasteiger charge is 2.03. The van der Waals surface area contributed by atoms with Gasteiger partial charge in [0.25, 0.3) is 0 Å². The molecule has 0 radical (unpaired) electrons. The minimum Gasteiger partial charge on any atom is -0.394 e. The van der Waals surface area contributed by atoms with Gasteiger partial charge in [0.1, 0.15) is 12.1 Å². The van der Waals surface area contributed by atoms with E-state index in [9.17, 15) is 0 Å². The number of ether oxygens (including phenoxy) is 1. The van der Waals surface area contributed by atoms with E-state index >= 15 is 0 Å². The summed E-state index contributed by atoms with van der Waals surface area (Å²) in [4.78, 5) is 8.42. The maximum atomic E-state index is 8.58. The van der Waals surface area contributed by atoms with E-state index in [4.69, 9.17) is 9.84 Å². The molecule has 1 heterocycles. The molecule has 1 aromatic heterocycles. The zero-order chi connectivity index (χ0) is 12.8. The molecule has 0 amide bonds. The smallest absolute Gasteiger partial charge is 0.137 e. The molecule has 0 aliphatic heterocycles. The number of nitrogens with one attached hydrogen (secondary N) is 1. The molecule has 2 N–H and O–H groups in total. The molecule has 5 nitrogen and oxygen atoms in total. The van der Waals surface area contributed by atoms with Gasteiger partial charge < -0.3 is 15.2 Å². The number of nitrogens with zero attached hydrogens (tertiary/aromatic N) is 2. The summed E-state index contributed by atoms with van der Waals surface area (Å²) >= 11 is 3.43. The van der Waals surface area contributed by atoms with Crippen molar-refractivity contribution in [3.63, 3.8) is 0 Å². The lowest BCUT2D eigenvalue weighted by atomic mass is 10.2. The molecule has 0 saturated carbocycles. The van der Waals surface area contributed by atoms with Crippen LogP contribution in [-0.4, -0.2) is 41.4 Å². The summed E-state index contributed by atoms with van der Waals surface area (Å²) in [7, 11) is 0. The molecule has 0 spiro atoms. The van der Waals surface area contributed by atoms with Gasteiger partial charge in [0, 0.05) is 16.4 Å². The van der Waals surface area contributed by atoms with Crippen LogP contribution < -0.4 is 5.32 Å². The monoisotopic (exact) mass is 311 g/mol. The first-order chi connectivity index (χ1) is 8.81. The Hall–Kier alpha value is -1.24. The SMILES string of the molecule is OCCOCCNc1ncnc2ccc(Br)cc12. The van der Waals surface area contributed by atoms with Gasteiger partial charge in [0.05, 0.1) is 25.3 Å². The Kier molecular flexibility index (Phi) is 4.86. The Balaban J connectivity index is 2.05. The van der Waals surface area contributed by atoms with E-state index in [-0.39, 0.29) is 6.61 Å². The van der Waals surface area contributed by atoms with Crippen molar-refractivity contribution in [1.82, 2.24) is 9.97 Å². The van der Waals surface area contributed by atoms with Gasteiger partial charge in [-0.15, -0.1) is 0 Å². The zero-order valence-corrected chi connectivity index (χ0v) is 11.4. The average Bonchev–Trinajstić information content (AvgIpc) is 2.39. The predicted molar refractivity (Wildman–Crippen MR) is 73.6 cm³/mol. The van der Waals surface area contributed by atoms with E-state index in [0.717, 1.165) is 21.2 Å². The van der Waals surface area contributed by atoms with Crippen molar-refractivity contribution < 1.29 is 9.84 Å². The number of anilines is 1. The number of benzene rings is 1. The van der Waals surface area contributed by atoms with Crippen LogP contribution in [0.25, 0.3) is 10.9 Å². The minimum atomic E-state index is 0.0450. The highest BCUT2D eigenvalue weighted by atomic mass is 79.9. The van der Waals surface area contributed by atoms with E-state index in [1.54, 1.807) is 0 Å². The molecule has 2 rings (SSSR count). The first-order valence-electron chi connectivity index (χ1n) is 5.64. The second-order valence-electron chi connectivity index (χ2n) is 3.65. The van der Waals surface area contributed by atoms with Crippen molar-refractivity contribution in [3.8, 4) is 0 Å². The van der Waals surface area contributed by atoms with E-state index < -0.39 is 0 Å². The molecule has 0 saturated heterocycles. The van der Waals surface area contributed by atoms with Gasteiger partial charge in [-0.25, -0.2) is 9.97 Å². The predicted octanol–water partition coefficient (Wildman–Crippen LogP) is 1.81. The van der Waals surface area contributed by atoms with Crippen LogP contribution in [0.2, 0.25) is 0 Å². The van der Waals surface area contributed by atoms with Gasteiger partial charge in [0.2, 0.25) is 0 Å². The normalized spacial score (nSPS) is 10.8. The number of fused-ring (bicyclic) bond motifs is 1. The molecular weight excluding hydrogens is 298 g/mol. The third-order valence-electron chi connectivity index (χ3n) is 2.37. The summed E-state index contributed by atoms with van der Waals surface area (Å²) in [6, 6.07) is 5.87. The standard InChI is InChI=1S/C12H14BrN3O2/c13-9-1-2-11-10(7-9)12(16-8-15-11)14-3-5-18-6-4-17/h1-2,7-8,17H,3-6H2,(H,14,15,16). The Labute approximate surface area is 113 Å². The lowest BCUT2D eigenvalue weighted by Crippen LogP contribution is -2.12. The Morgan fingerprint density at radius 3 is 3.00 bits per heavy atom. The third kappa shape index (κ3) is 3.38. The van der Waals surface area contributed by atoms with Crippen molar-refractivity contribution in [2.24, 2.45) is 0 Å². The molecule has 0 unspecified atom stereocenters.